The first-order valence-corrected chi connectivity index (χ1v) is 7.14. The van der Waals surface area contributed by atoms with E-state index in [-0.39, 0.29) is 9.52 Å². The van der Waals surface area contributed by atoms with Crippen LogP contribution < -0.4 is 5.19 Å². The molecule has 0 bridgehead atoms. The van der Waals surface area contributed by atoms with E-state index in [1.54, 1.807) is 0 Å². The summed E-state index contributed by atoms with van der Waals surface area (Å²) in [6.07, 6.45) is 2.23. The molecule has 0 nitrogen and oxygen atoms in total. The number of aryl methyl sites for hydroxylation is 1. The van der Waals surface area contributed by atoms with Crippen LogP contribution in [0.4, 0.5) is 0 Å². The maximum Gasteiger partial charge on any atom is 0.0783 e. The summed E-state index contributed by atoms with van der Waals surface area (Å²) in [6, 6.07) is 19.4. The fraction of sp³-hybridized carbons (Fsp3) is 0.0667. The van der Waals surface area contributed by atoms with E-state index in [0.29, 0.717) is 0 Å². The van der Waals surface area contributed by atoms with Gasteiger partial charge < -0.3 is 0 Å². The van der Waals surface area contributed by atoms with E-state index in [0.717, 1.165) is 0 Å². The summed E-state index contributed by atoms with van der Waals surface area (Å²) in [5, 5.41) is 1.49. The second-order valence-corrected chi connectivity index (χ2v) is 5.70. The molecule has 2 aromatic carbocycles. The van der Waals surface area contributed by atoms with E-state index in [4.69, 9.17) is 0 Å². The summed E-state index contributed by atoms with van der Waals surface area (Å²) >= 11 is 0. The topological polar surface area (TPSA) is 0 Å². The molecule has 0 amide bonds. The van der Waals surface area contributed by atoms with Gasteiger partial charge in [0.25, 0.3) is 0 Å². The molecule has 0 atom stereocenters. The minimum absolute atomic E-state index is 0.245. The van der Waals surface area contributed by atoms with Crippen molar-refractivity contribution in [2.45, 2.75) is 6.92 Å². The van der Waals surface area contributed by atoms with Crippen molar-refractivity contribution in [1.82, 2.24) is 0 Å². The summed E-state index contributed by atoms with van der Waals surface area (Å²) in [6.45, 7) is 2.12. The van der Waals surface area contributed by atoms with Crippen LogP contribution in [0.15, 0.2) is 60.3 Å². The van der Waals surface area contributed by atoms with E-state index >= 15 is 0 Å². The average molecular weight is 224 g/mol. The Hall–Kier alpha value is -1.60. The lowest BCUT2D eigenvalue weighted by molar-refractivity contribution is 1.46. The zero-order valence-corrected chi connectivity index (χ0v) is 11.0. The summed E-state index contributed by atoms with van der Waals surface area (Å²) in [7, 11) is -0.245. The van der Waals surface area contributed by atoms with Crippen molar-refractivity contribution >= 4 is 20.8 Å². The van der Waals surface area contributed by atoms with Crippen molar-refractivity contribution in [3.63, 3.8) is 0 Å². The average Bonchev–Trinajstić information content (AvgIpc) is 2.33. The van der Waals surface area contributed by atoms with Crippen LogP contribution in [0.3, 0.4) is 0 Å². The van der Waals surface area contributed by atoms with Crippen LogP contribution >= 0.6 is 0 Å². The van der Waals surface area contributed by atoms with Gasteiger partial charge in [0.2, 0.25) is 0 Å². The molecule has 0 radical (unpaired) electrons. The fourth-order valence-corrected chi connectivity index (χ4v) is 2.83. The van der Waals surface area contributed by atoms with Crippen molar-refractivity contribution in [3.8, 4) is 0 Å². The summed E-state index contributed by atoms with van der Waals surface area (Å²) in [5.41, 5.74) is 4.96. The number of benzene rings is 2. The van der Waals surface area contributed by atoms with Crippen LogP contribution in [0.5, 0.6) is 0 Å². The standard InChI is InChI=1S/C15H16Si/c1-13-7-9-14(10-8-13)11-12-16-15-5-3-2-4-6-15/h2-12H,16H2,1H3/b12-11+. The first kappa shape index (κ1) is 10.9. The molecule has 0 aliphatic heterocycles. The number of hydrogen-bond donors (Lipinski definition) is 0. The van der Waals surface area contributed by atoms with Gasteiger partial charge in [-0.15, -0.1) is 0 Å². The normalized spacial score (nSPS) is 11.6. The van der Waals surface area contributed by atoms with Crippen molar-refractivity contribution in [2.75, 3.05) is 0 Å². The molecule has 2 aromatic rings. The van der Waals surface area contributed by atoms with Gasteiger partial charge in [0.05, 0.1) is 9.52 Å². The highest BCUT2D eigenvalue weighted by Crippen LogP contribution is 2.04. The molecular weight excluding hydrogens is 208 g/mol. The lowest BCUT2D eigenvalue weighted by Crippen LogP contribution is -2.09. The third-order valence-electron chi connectivity index (χ3n) is 2.58. The minimum Gasteiger partial charge on any atom is -0.0956 e. The maximum absolute atomic E-state index is 2.35. The monoisotopic (exact) mass is 224 g/mol. The van der Waals surface area contributed by atoms with Gasteiger partial charge in [-0.3, -0.25) is 0 Å². The lowest BCUT2D eigenvalue weighted by Gasteiger charge is -1.95. The Kier molecular flexibility index (Phi) is 3.73. The van der Waals surface area contributed by atoms with E-state index in [1.807, 2.05) is 0 Å². The Morgan fingerprint density at radius 3 is 2.25 bits per heavy atom. The zero-order chi connectivity index (χ0) is 11.2. The van der Waals surface area contributed by atoms with Crippen LogP contribution in [0, 0.1) is 6.92 Å². The van der Waals surface area contributed by atoms with Gasteiger partial charge in [0.15, 0.2) is 0 Å². The molecule has 1 heteroatoms. The summed E-state index contributed by atoms with van der Waals surface area (Å²) < 4.78 is 0. The highest BCUT2D eigenvalue weighted by Gasteiger charge is 1.88. The van der Waals surface area contributed by atoms with Gasteiger partial charge in [0.1, 0.15) is 0 Å². The van der Waals surface area contributed by atoms with E-state index in [1.165, 1.54) is 16.3 Å². The highest BCUT2D eigenvalue weighted by molar-refractivity contribution is 6.59. The Morgan fingerprint density at radius 2 is 1.56 bits per heavy atom. The molecule has 0 saturated carbocycles. The van der Waals surface area contributed by atoms with Crippen molar-refractivity contribution in [2.24, 2.45) is 0 Å². The van der Waals surface area contributed by atoms with E-state index in [9.17, 15) is 0 Å². The Bertz CT molecular complexity index is 455. The molecule has 0 unspecified atom stereocenters. The van der Waals surface area contributed by atoms with Gasteiger partial charge in [-0.25, -0.2) is 0 Å². The SMILES string of the molecule is Cc1ccc(/C=C/[SiH2]c2ccccc2)cc1. The quantitative estimate of drug-likeness (QED) is 0.703. The molecule has 0 fully saturated rings. The Morgan fingerprint density at radius 1 is 0.875 bits per heavy atom. The maximum atomic E-state index is 2.35. The fourth-order valence-electron chi connectivity index (χ4n) is 1.62. The van der Waals surface area contributed by atoms with Crippen LogP contribution in [0.25, 0.3) is 6.08 Å². The minimum atomic E-state index is -0.245. The van der Waals surface area contributed by atoms with Gasteiger partial charge in [-0.05, 0) is 12.5 Å². The van der Waals surface area contributed by atoms with Crippen LogP contribution in [0.1, 0.15) is 11.1 Å². The molecular formula is C15H16Si. The van der Waals surface area contributed by atoms with Crippen molar-refractivity contribution < 1.29 is 0 Å². The van der Waals surface area contributed by atoms with E-state index < -0.39 is 0 Å². The summed E-state index contributed by atoms with van der Waals surface area (Å²) in [4.78, 5) is 0. The number of hydrogen-bond acceptors (Lipinski definition) is 0. The smallest absolute Gasteiger partial charge is 0.0783 e. The lowest BCUT2D eigenvalue weighted by atomic mass is 10.2. The molecule has 0 spiro atoms. The van der Waals surface area contributed by atoms with Gasteiger partial charge >= 0.3 is 0 Å². The molecule has 2 rings (SSSR count). The third kappa shape index (κ3) is 3.21. The molecule has 0 heterocycles. The molecule has 0 aliphatic rings. The molecule has 0 N–H and O–H groups in total. The predicted octanol–water partition coefficient (Wildman–Crippen LogP) is 2.46. The first-order valence-electron chi connectivity index (χ1n) is 5.62. The molecule has 0 aromatic heterocycles. The summed E-state index contributed by atoms with van der Waals surface area (Å²) in [5.74, 6) is 0. The Balaban J connectivity index is 1.98. The van der Waals surface area contributed by atoms with Gasteiger partial charge in [-0.1, -0.05) is 77.1 Å². The van der Waals surface area contributed by atoms with E-state index in [2.05, 4.69) is 73.3 Å². The van der Waals surface area contributed by atoms with Crippen LogP contribution in [0.2, 0.25) is 0 Å². The second-order valence-electron chi connectivity index (χ2n) is 4.00. The van der Waals surface area contributed by atoms with Gasteiger partial charge in [0, 0.05) is 0 Å². The van der Waals surface area contributed by atoms with Crippen molar-refractivity contribution in [3.05, 3.63) is 71.4 Å². The molecule has 0 aliphatic carbocycles. The Labute approximate surface area is 99.5 Å². The highest BCUT2D eigenvalue weighted by atomic mass is 28.2. The van der Waals surface area contributed by atoms with Crippen LogP contribution in [-0.2, 0) is 0 Å². The second kappa shape index (κ2) is 5.47. The van der Waals surface area contributed by atoms with Crippen molar-refractivity contribution in [1.29, 1.82) is 0 Å². The largest absolute Gasteiger partial charge is 0.0956 e. The molecule has 16 heavy (non-hydrogen) atoms. The first-order chi connectivity index (χ1) is 7.84. The zero-order valence-electron chi connectivity index (χ0n) is 9.56. The van der Waals surface area contributed by atoms with Gasteiger partial charge in [-0.2, -0.15) is 0 Å². The number of rotatable bonds is 3. The van der Waals surface area contributed by atoms with Crippen LogP contribution in [-0.4, -0.2) is 9.52 Å². The third-order valence-corrected chi connectivity index (χ3v) is 4.00. The predicted molar refractivity (Wildman–Crippen MR) is 74.8 cm³/mol. The molecule has 0 saturated heterocycles. The molecule has 80 valence electrons.